The number of aromatic nitrogens is 1. The number of rotatable bonds is 3. The predicted octanol–water partition coefficient (Wildman–Crippen LogP) is 1.85. The molecule has 0 aliphatic rings. The minimum absolute atomic E-state index is 0.635. The second kappa shape index (κ2) is 4.40. The first-order valence-corrected chi connectivity index (χ1v) is 3.92. The van der Waals surface area contributed by atoms with E-state index in [1.807, 2.05) is 6.07 Å². The normalized spacial score (nSPS) is 9.00. The van der Waals surface area contributed by atoms with E-state index in [1.54, 1.807) is 12.3 Å². The van der Waals surface area contributed by atoms with E-state index in [-0.39, 0.29) is 0 Å². The molecule has 2 heteroatoms. The van der Waals surface area contributed by atoms with Gasteiger partial charge < -0.3 is 4.74 Å². The van der Waals surface area contributed by atoms with Crippen LogP contribution in [0.15, 0.2) is 18.3 Å². The minimum atomic E-state index is 0.635. The van der Waals surface area contributed by atoms with E-state index < -0.39 is 0 Å². The van der Waals surface area contributed by atoms with Gasteiger partial charge in [-0.15, -0.1) is 6.42 Å². The van der Waals surface area contributed by atoms with Gasteiger partial charge in [0.25, 0.3) is 0 Å². The van der Waals surface area contributed by atoms with E-state index in [4.69, 9.17) is 11.2 Å². The molecule has 0 aliphatic carbocycles. The van der Waals surface area contributed by atoms with E-state index in [0.717, 1.165) is 12.0 Å². The lowest BCUT2D eigenvalue weighted by Crippen LogP contribution is -1.96. The summed E-state index contributed by atoms with van der Waals surface area (Å²) in [5, 5.41) is 0. The Morgan fingerprint density at radius 1 is 1.58 bits per heavy atom. The van der Waals surface area contributed by atoms with Crippen molar-refractivity contribution in [2.24, 2.45) is 0 Å². The Morgan fingerprint density at radius 2 is 2.42 bits per heavy atom. The van der Waals surface area contributed by atoms with Gasteiger partial charge >= 0.3 is 0 Å². The molecule has 0 N–H and O–H groups in total. The van der Waals surface area contributed by atoms with Gasteiger partial charge in [0.05, 0.1) is 6.61 Å². The second-order valence-electron chi connectivity index (χ2n) is 2.38. The molecule has 0 radical (unpaired) electrons. The number of hydrogen-bond donors (Lipinski definition) is 0. The van der Waals surface area contributed by atoms with E-state index in [2.05, 4.69) is 17.8 Å². The number of pyridine rings is 1. The minimum Gasteiger partial charge on any atom is -0.478 e. The van der Waals surface area contributed by atoms with Crippen LogP contribution < -0.4 is 4.74 Å². The van der Waals surface area contributed by atoms with Crippen LogP contribution in [0.3, 0.4) is 0 Å². The highest BCUT2D eigenvalue weighted by Gasteiger charge is 1.92. The summed E-state index contributed by atoms with van der Waals surface area (Å²) in [7, 11) is 0. The lowest BCUT2D eigenvalue weighted by molar-refractivity contribution is 0.305. The molecule has 62 valence electrons. The second-order valence-corrected chi connectivity index (χ2v) is 2.38. The fourth-order valence-corrected chi connectivity index (χ4v) is 0.758. The molecule has 0 saturated heterocycles. The molecule has 1 heterocycles. The van der Waals surface area contributed by atoms with Crippen molar-refractivity contribution in [2.75, 3.05) is 6.61 Å². The number of ether oxygens (including phenoxy) is 1. The van der Waals surface area contributed by atoms with E-state index in [9.17, 15) is 0 Å². The Labute approximate surface area is 72.6 Å². The van der Waals surface area contributed by atoms with Gasteiger partial charge in [-0.05, 0) is 12.5 Å². The summed E-state index contributed by atoms with van der Waals surface area (Å²) in [5.41, 5.74) is 0.777. The van der Waals surface area contributed by atoms with Crippen molar-refractivity contribution < 1.29 is 4.74 Å². The SMILES string of the molecule is C#Cc1ccc(OCCC)nc1. The van der Waals surface area contributed by atoms with Crippen LogP contribution in [0.4, 0.5) is 0 Å². The monoisotopic (exact) mass is 161 g/mol. The van der Waals surface area contributed by atoms with Crippen LogP contribution in [0.25, 0.3) is 0 Å². The molecule has 0 bridgehead atoms. The zero-order valence-electron chi connectivity index (χ0n) is 7.08. The summed E-state index contributed by atoms with van der Waals surface area (Å²) in [6.07, 6.45) is 7.78. The van der Waals surface area contributed by atoms with E-state index in [0.29, 0.717) is 12.5 Å². The van der Waals surface area contributed by atoms with Crippen molar-refractivity contribution in [3.05, 3.63) is 23.9 Å². The predicted molar refractivity (Wildman–Crippen MR) is 48.0 cm³/mol. The molecule has 12 heavy (non-hydrogen) atoms. The molecule has 0 fully saturated rings. The zero-order valence-corrected chi connectivity index (χ0v) is 7.08. The van der Waals surface area contributed by atoms with Gasteiger partial charge in [-0.3, -0.25) is 0 Å². The zero-order chi connectivity index (χ0) is 8.81. The molecule has 0 amide bonds. The summed E-state index contributed by atoms with van der Waals surface area (Å²) in [6, 6.07) is 3.60. The van der Waals surface area contributed by atoms with Crippen LogP contribution in [0.2, 0.25) is 0 Å². The van der Waals surface area contributed by atoms with Gasteiger partial charge in [-0.2, -0.15) is 0 Å². The molecule has 0 unspecified atom stereocenters. The van der Waals surface area contributed by atoms with Crippen molar-refractivity contribution >= 4 is 0 Å². The fourth-order valence-electron chi connectivity index (χ4n) is 0.758. The van der Waals surface area contributed by atoms with Gasteiger partial charge in [0.1, 0.15) is 0 Å². The van der Waals surface area contributed by atoms with Gasteiger partial charge in [-0.25, -0.2) is 4.98 Å². The number of hydrogen-bond acceptors (Lipinski definition) is 2. The number of terminal acetylenes is 1. The first kappa shape index (κ1) is 8.61. The molecule has 1 rings (SSSR count). The molecular weight excluding hydrogens is 150 g/mol. The summed E-state index contributed by atoms with van der Waals surface area (Å²) in [5.74, 6) is 3.13. The molecule has 1 aromatic heterocycles. The van der Waals surface area contributed by atoms with Gasteiger partial charge in [-0.1, -0.05) is 12.8 Å². The molecule has 0 aliphatic heterocycles. The maximum Gasteiger partial charge on any atom is 0.213 e. The Bertz CT molecular complexity index is 271. The molecule has 2 nitrogen and oxygen atoms in total. The van der Waals surface area contributed by atoms with Crippen LogP contribution in [0, 0.1) is 12.3 Å². The van der Waals surface area contributed by atoms with Crippen molar-refractivity contribution in [3.63, 3.8) is 0 Å². The Morgan fingerprint density at radius 3 is 2.92 bits per heavy atom. The van der Waals surface area contributed by atoms with Crippen molar-refractivity contribution in [1.29, 1.82) is 0 Å². The highest BCUT2D eigenvalue weighted by atomic mass is 16.5. The third-order valence-corrected chi connectivity index (χ3v) is 1.36. The van der Waals surface area contributed by atoms with Crippen molar-refractivity contribution in [1.82, 2.24) is 4.98 Å². The average molecular weight is 161 g/mol. The molecule has 0 atom stereocenters. The van der Waals surface area contributed by atoms with E-state index in [1.165, 1.54) is 0 Å². The van der Waals surface area contributed by atoms with Gasteiger partial charge in [0, 0.05) is 17.8 Å². The van der Waals surface area contributed by atoms with Crippen LogP contribution in [-0.2, 0) is 0 Å². The molecule has 0 saturated carbocycles. The summed E-state index contributed by atoms with van der Waals surface area (Å²) >= 11 is 0. The van der Waals surface area contributed by atoms with Crippen LogP contribution >= 0.6 is 0 Å². The highest BCUT2D eigenvalue weighted by molar-refractivity contribution is 5.31. The topological polar surface area (TPSA) is 22.1 Å². The third kappa shape index (κ3) is 2.28. The van der Waals surface area contributed by atoms with Gasteiger partial charge in [0.2, 0.25) is 5.88 Å². The Kier molecular flexibility index (Phi) is 3.16. The third-order valence-electron chi connectivity index (χ3n) is 1.36. The molecule has 1 aromatic rings. The van der Waals surface area contributed by atoms with Crippen LogP contribution in [-0.4, -0.2) is 11.6 Å². The standard InChI is InChI=1S/C10H11NO/c1-3-7-12-10-6-5-9(4-2)8-11-10/h2,5-6,8H,3,7H2,1H3. The fraction of sp³-hybridized carbons (Fsp3) is 0.300. The smallest absolute Gasteiger partial charge is 0.213 e. The summed E-state index contributed by atoms with van der Waals surface area (Å²) < 4.78 is 5.27. The Hall–Kier alpha value is -1.49. The first-order chi connectivity index (χ1) is 5.86. The lowest BCUT2D eigenvalue weighted by Gasteiger charge is -2.01. The van der Waals surface area contributed by atoms with E-state index >= 15 is 0 Å². The lowest BCUT2D eigenvalue weighted by atomic mass is 10.3. The van der Waals surface area contributed by atoms with Crippen LogP contribution in [0.1, 0.15) is 18.9 Å². The summed E-state index contributed by atoms with van der Waals surface area (Å²) in [4.78, 5) is 4.02. The summed E-state index contributed by atoms with van der Waals surface area (Å²) in [6.45, 7) is 2.75. The van der Waals surface area contributed by atoms with Crippen molar-refractivity contribution in [2.45, 2.75) is 13.3 Å². The molecule has 0 spiro atoms. The highest BCUT2D eigenvalue weighted by Crippen LogP contribution is 2.06. The Balaban J connectivity index is 2.60. The number of nitrogens with zero attached hydrogens (tertiary/aromatic N) is 1. The molecular formula is C10H11NO. The quantitative estimate of drug-likeness (QED) is 0.631. The largest absolute Gasteiger partial charge is 0.478 e. The molecule has 0 aromatic carbocycles. The first-order valence-electron chi connectivity index (χ1n) is 3.92. The van der Waals surface area contributed by atoms with Crippen molar-refractivity contribution in [3.8, 4) is 18.2 Å². The van der Waals surface area contributed by atoms with Crippen LogP contribution in [0.5, 0.6) is 5.88 Å². The maximum atomic E-state index is 5.27. The average Bonchev–Trinajstić information content (AvgIpc) is 2.15. The van der Waals surface area contributed by atoms with Gasteiger partial charge in [0.15, 0.2) is 0 Å². The maximum absolute atomic E-state index is 5.27.